The Bertz CT molecular complexity index is 1550. The van der Waals surface area contributed by atoms with Crippen molar-refractivity contribution in [1.82, 2.24) is 4.57 Å². The van der Waals surface area contributed by atoms with E-state index in [1.165, 1.54) is 18.4 Å². The lowest BCUT2D eigenvalue weighted by atomic mass is 9.95. The normalized spacial score (nSPS) is 15.3. The number of ether oxygens (including phenoxy) is 2. The number of carbonyl (C=O) groups excluding carboxylic acids is 1. The van der Waals surface area contributed by atoms with Gasteiger partial charge in [-0.2, -0.15) is 0 Å². The first kappa shape index (κ1) is 25.4. The van der Waals surface area contributed by atoms with E-state index in [0.717, 1.165) is 13.6 Å². The molecule has 0 fully saturated rings. The predicted molar refractivity (Wildman–Crippen MR) is 148 cm³/mol. The van der Waals surface area contributed by atoms with E-state index in [-0.39, 0.29) is 12.2 Å². The number of fused-ring (bicyclic) bond motifs is 1. The standard InChI is InChI=1S/C26H20BrIN2O4S/c1-4-11-34-23-16(12-17(27)14-18(23)28)13-20-24(31)30-22(15-9-7-6-8-10-15)21(25(32)33-3)19(5-2)29-26(30)35-20/h1,6-10,12-14,22H,5,11H2,2-3H3/b20-13+/t22-/m0/s1. The van der Waals surface area contributed by atoms with Crippen LogP contribution in [0.5, 0.6) is 5.75 Å². The van der Waals surface area contributed by atoms with Gasteiger partial charge in [-0.15, -0.1) is 6.42 Å². The maximum atomic E-state index is 13.8. The van der Waals surface area contributed by atoms with E-state index >= 15 is 0 Å². The molecule has 1 aliphatic heterocycles. The van der Waals surface area contributed by atoms with E-state index in [0.29, 0.717) is 38.3 Å². The van der Waals surface area contributed by atoms with Crippen molar-refractivity contribution in [2.24, 2.45) is 4.99 Å². The van der Waals surface area contributed by atoms with Crippen molar-refractivity contribution in [1.29, 1.82) is 0 Å². The molecule has 2 heterocycles. The highest BCUT2D eigenvalue weighted by Gasteiger charge is 2.33. The molecular formula is C26H20BrIN2O4S. The average molecular weight is 663 g/mol. The molecule has 9 heteroatoms. The van der Waals surface area contributed by atoms with Crippen molar-refractivity contribution in [2.75, 3.05) is 13.7 Å². The monoisotopic (exact) mass is 662 g/mol. The summed E-state index contributed by atoms with van der Waals surface area (Å²) in [5.41, 5.74) is 2.24. The highest BCUT2D eigenvalue weighted by Crippen LogP contribution is 2.32. The smallest absolute Gasteiger partial charge is 0.338 e. The number of rotatable bonds is 6. The van der Waals surface area contributed by atoms with Gasteiger partial charge in [-0.1, -0.05) is 70.4 Å². The fourth-order valence-corrected chi connectivity index (χ4v) is 6.63. The molecule has 2 aromatic carbocycles. The first-order chi connectivity index (χ1) is 16.9. The summed E-state index contributed by atoms with van der Waals surface area (Å²) in [5.74, 6) is 2.58. The zero-order chi connectivity index (χ0) is 25.1. The molecule has 0 radical (unpaired) electrons. The highest BCUT2D eigenvalue weighted by molar-refractivity contribution is 14.1. The minimum atomic E-state index is -0.642. The van der Waals surface area contributed by atoms with Crippen molar-refractivity contribution in [3.05, 3.63) is 92.6 Å². The summed E-state index contributed by atoms with van der Waals surface area (Å²) in [6.45, 7) is 2.03. The van der Waals surface area contributed by atoms with Crippen molar-refractivity contribution in [3.63, 3.8) is 0 Å². The zero-order valence-electron chi connectivity index (χ0n) is 18.9. The Balaban J connectivity index is 2.00. The molecule has 0 spiro atoms. The number of carbonyl (C=O) groups is 1. The third kappa shape index (κ3) is 5.01. The lowest BCUT2D eigenvalue weighted by molar-refractivity contribution is -0.136. The summed E-state index contributed by atoms with van der Waals surface area (Å²) in [7, 11) is 1.34. The van der Waals surface area contributed by atoms with Crippen LogP contribution in [-0.2, 0) is 9.53 Å². The number of hydrogen-bond donors (Lipinski definition) is 0. The molecule has 0 bridgehead atoms. The highest BCUT2D eigenvalue weighted by atomic mass is 127. The molecule has 1 aromatic heterocycles. The third-order valence-corrected chi connectivity index (χ3v) is 7.63. The van der Waals surface area contributed by atoms with Crippen LogP contribution in [0, 0.1) is 15.9 Å². The van der Waals surface area contributed by atoms with E-state index < -0.39 is 12.0 Å². The number of thiazole rings is 1. The molecule has 4 rings (SSSR count). The van der Waals surface area contributed by atoms with Crippen molar-refractivity contribution < 1.29 is 14.3 Å². The van der Waals surface area contributed by atoms with Crippen LogP contribution in [0.1, 0.15) is 30.5 Å². The molecular weight excluding hydrogens is 643 g/mol. The van der Waals surface area contributed by atoms with Gasteiger partial charge in [-0.3, -0.25) is 9.36 Å². The summed E-state index contributed by atoms with van der Waals surface area (Å²) in [6.07, 6.45) is 7.69. The Morgan fingerprint density at radius 3 is 2.74 bits per heavy atom. The molecule has 6 nitrogen and oxygen atoms in total. The van der Waals surface area contributed by atoms with Gasteiger partial charge in [-0.05, 0) is 52.8 Å². The topological polar surface area (TPSA) is 69.9 Å². The van der Waals surface area contributed by atoms with Gasteiger partial charge in [0.15, 0.2) is 4.80 Å². The Morgan fingerprint density at radius 2 is 2.09 bits per heavy atom. The number of esters is 1. The van der Waals surface area contributed by atoms with Crippen molar-refractivity contribution in [2.45, 2.75) is 19.4 Å². The summed E-state index contributed by atoms with van der Waals surface area (Å²) in [5, 5.41) is 0. The molecule has 1 aliphatic rings. The van der Waals surface area contributed by atoms with Crippen molar-refractivity contribution in [3.8, 4) is 18.1 Å². The van der Waals surface area contributed by atoms with E-state index in [1.807, 2.05) is 49.4 Å². The molecule has 35 heavy (non-hydrogen) atoms. The SMILES string of the molecule is C#CCOc1c(I)cc(Br)cc1/C=c1/sc2n(c1=O)[C@@H](c1ccccc1)C(C(=O)OC)=C(CC)N=2. The number of benzene rings is 2. The number of allylic oxidation sites excluding steroid dienone is 1. The Kier molecular flexibility index (Phi) is 7.94. The maximum Gasteiger partial charge on any atom is 0.338 e. The summed E-state index contributed by atoms with van der Waals surface area (Å²) < 4.78 is 14.6. The Morgan fingerprint density at radius 1 is 1.34 bits per heavy atom. The second kappa shape index (κ2) is 10.9. The van der Waals surface area contributed by atoms with E-state index in [2.05, 4.69) is 44.4 Å². The quantitative estimate of drug-likeness (QED) is 0.226. The number of aromatic nitrogens is 1. The first-order valence-corrected chi connectivity index (χ1v) is 13.3. The summed E-state index contributed by atoms with van der Waals surface area (Å²) in [6, 6.07) is 12.6. The van der Waals surface area contributed by atoms with Crippen LogP contribution in [-0.4, -0.2) is 24.3 Å². The van der Waals surface area contributed by atoms with Gasteiger partial charge in [0, 0.05) is 10.0 Å². The van der Waals surface area contributed by atoms with Gasteiger partial charge < -0.3 is 9.47 Å². The molecule has 0 unspecified atom stereocenters. The molecule has 0 saturated carbocycles. The van der Waals surface area contributed by atoms with Crippen LogP contribution in [0.2, 0.25) is 0 Å². The Labute approximate surface area is 228 Å². The number of nitrogens with zero attached hydrogens (tertiary/aromatic N) is 2. The first-order valence-electron chi connectivity index (χ1n) is 10.6. The number of hydrogen-bond acceptors (Lipinski definition) is 6. The number of halogens is 2. The molecule has 178 valence electrons. The molecule has 0 saturated heterocycles. The largest absolute Gasteiger partial charge is 0.479 e. The lowest BCUT2D eigenvalue weighted by Crippen LogP contribution is -2.40. The maximum absolute atomic E-state index is 13.8. The van der Waals surface area contributed by atoms with Gasteiger partial charge in [0.05, 0.1) is 32.5 Å². The number of terminal acetylenes is 1. The van der Waals surface area contributed by atoms with Crippen LogP contribution in [0.4, 0.5) is 0 Å². The van der Waals surface area contributed by atoms with Crippen LogP contribution < -0.4 is 19.6 Å². The van der Waals surface area contributed by atoms with Gasteiger partial charge in [0.2, 0.25) is 0 Å². The van der Waals surface area contributed by atoms with Crippen LogP contribution >= 0.6 is 49.9 Å². The zero-order valence-corrected chi connectivity index (χ0v) is 23.4. The summed E-state index contributed by atoms with van der Waals surface area (Å²) >= 11 is 6.96. The average Bonchev–Trinajstić information content (AvgIpc) is 3.16. The van der Waals surface area contributed by atoms with Gasteiger partial charge >= 0.3 is 5.97 Å². The fraction of sp³-hybridized carbons (Fsp3) is 0.192. The van der Waals surface area contributed by atoms with Crippen LogP contribution in [0.3, 0.4) is 0 Å². The Hall–Kier alpha value is -2.68. The fourth-order valence-electron chi connectivity index (χ4n) is 3.91. The number of methoxy groups -OCH3 is 1. The van der Waals surface area contributed by atoms with Gasteiger partial charge in [0.1, 0.15) is 12.4 Å². The molecule has 0 amide bonds. The van der Waals surface area contributed by atoms with Gasteiger partial charge in [0.25, 0.3) is 5.56 Å². The molecule has 0 N–H and O–H groups in total. The van der Waals surface area contributed by atoms with Crippen LogP contribution in [0.25, 0.3) is 6.08 Å². The van der Waals surface area contributed by atoms with Crippen molar-refractivity contribution >= 4 is 61.9 Å². The molecule has 0 aliphatic carbocycles. The van der Waals surface area contributed by atoms with E-state index in [4.69, 9.17) is 20.9 Å². The minimum Gasteiger partial charge on any atom is -0.479 e. The second-order valence-corrected chi connectivity index (χ2v) is 10.6. The van der Waals surface area contributed by atoms with Gasteiger partial charge in [-0.25, -0.2) is 9.79 Å². The molecule has 3 aromatic rings. The van der Waals surface area contributed by atoms with E-state index in [1.54, 1.807) is 10.6 Å². The lowest BCUT2D eigenvalue weighted by Gasteiger charge is -2.25. The predicted octanol–water partition coefficient (Wildman–Crippen LogP) is 4.18. The summed E-state index contributed by atoms with van der Waals surface area (Å²) in [4.78, 5) is 31.8. The second-order valence-electron chi connectivity index (χ2n) is 7.50. The molecule has 1 atom stereocenters. The van der Waals surface area contributed by atoms with E-state index in [9.17, 15) is 9.59 Å². The van der Waals surface area contributed by atoms with Crippen LogP contribution in [0.15, 0.2) is 68.0 Å². The third-order valence-electron chi connectivity index (χ3n) is 5.39. The minimum absolute atomic E-state index is 0.107.